The molecule has 4 rings (SSSR count). The first-order chi connectivity index (χ1) is 11.8. The summed E-state index contributed by atoms with van der Waals surface area (Å²) in [4.78, 5) is 4.84. The quantitative estimate of drug-likeness (QED) is 0.504. The fourth-order valence-electron chi connectivity index (χ4n) is 2.89. The SMILES string of the molecule is COc1ccc(Cl)c2c1nc(-c1ccccc1)n2-c1ccccc1. The molecule has 1 aromatic heterocycles. The Morgan fingerprint density at radius 3 is 2.21 bits per heavy atom. The average molecular weight is 335 g/mol. The van der Waals surface area contributed by atoms with Crippen molar-refractivity contribution in [3.63, 3.8) is 0 Å². The molecular weight excluding hydrogens is 320 g/mol. The van der Waals surface area contributed by atoms with Crippen molar-refractivity contribution < 1.29 is 4.74 Å². The van der Waals surface area contributed by atoms with Crippen molar-refractivity contribution in [2.75, 3.05) is 7.11 Å². The van der Waals surface area contributed by atoms with E-state index in [4.69, 9.17) is 21.3 Å². The Balaban J connectivity index is 2.14. The van der Waals surface area contributed by atoms with Crippen molar-refractivity contribution in [2.45, 2.75) is 0 Å². The second-order valence-electron chi connectivity index (χ2n) is 5.42. The molecule has 0 fully saturated rings. The summed E-state index contributed by atoms with van der Waals surface area (Å²) in [5.41, 5.74) is 3.64. The molecule has 4 aromatic rings. The van der Waals surface area contributed by atoms with E-state index in [9.17, 15) is 0 Å². The molecule has 0 aliphatic carbocycles. The number of fused-ring (bicyclic) bond motifs is 1. The van der Waals surface area contributed by atoms with Gasteiger partial charge in [-0.15, -0.1) is 0 Å². The van der Waals surface area contributed by atoms with Crippen LogP contribution in [0.1, 0.15) is 0 Å². The Hall–Kier alpha value is -2.78. The fourth-order valence-corrected chi connectivity index (χ4v) is 3.13. The van der Waals surface area contributed by atoms with Gasteiger partial charge in [-0.1, -0.05) is 60.1 Å². The van der Waals surface area contributed by atoms with Crippen LogP contribution in [0, 0.1) is 0 Å². The van der Waals surface area contributed by atoms with E-state index in [0.29, 0.717) is 10.8 Å². The lowest BCUT2D eigenvalue weighted by atomic mass is 10.2. The van der Waals surface area contributed by atoms with Crippen molar-refractivity contribution in [3.8, 4) is 22.8 Å². The van der Waals surface area contributed by atoms with E-state index in [1.54, 1.807) is 7.11 Å². The molecule has 0 amide bonds. The molecule has 0 radical (unpaired) electrons. The van der Waals surface area contributed by atoms with Gasteiger partial charge in [0.15, 0.2) is 0 Å². The molecule has 0 saturated carbocycles. The monoisotopic (exact) mass is 334 g/mol. The van der Waals surface area contributed by atoms with Crippen LogP contribution in [-0.2, 0) is 0 Å². The highest BCUT2D eigenvalue weighted by Gasteiger charge is 2.19. The van der Waals surface area contributed by atoms with Gasteiger partial charge in [-0.05, 0) is 24.3 Å². The van der Waals surface area contributed by atoms with Gasteiger partial charge in [-0.2, -0.15) is 0 Å². The second kappa shape index (κ2) is 6.02. The Morgan fingerprint density at radius 2 is 1.54 bits per heavy atom. The first-order valence-electron chi connectivity index (χ1n) is 7.65. The normalized spacial score (nSPS) is 10.9. The first kappa shape index (κ1) is 14.8. The number of aromatic nitrogens is 2. The lowest BCUT2D eigenvalue weighted by molar-refractivity contribution is 0.419. The molecule has 0 bridgehead atoms. The molecular formula is C20H15ClN2O. The van der Waals surface area contributed by atoms with Crippen LogP contribution >= 0.6 is 11.6 Å². The van der Waals surface area contributed by atoms with E-state index in [0.717, 1.165) is 28.1 Å². The maximum absolute atomic E-state index is 6.53. The standard InChI is InChI=1S/C20H15ClN2O/c1-24-17-13-12-16(21)19-18(17)22-20(14-8-4-2-5-9-14)23(19)15-10-6-3-7-11-15/h2-13H,1H3. The van der Waals surface area contributed by atoms with E-state index in [-0.39, 0.29) is 0 Å². The zero-order chi connectivity index (χ0) is 16.5. The minimum atomic E-state index is 0.643. The zero-order valence-corrected chi connectivity index (χ0v) is 13.9. The van der Waals surface area contributed by atoms with Gasteiger partial charge >= 0.3 is 0 Å². The Kier molecular flexibility index (Phi) is 3.71. The summed E-state index contributed by atoms with van der Waals surface area (Å²) in [6.07, 6.45) is 0. The Bertz CT molecular complexity index is 995. The van der Waals surface area contributed by atoms with Crippen LogP contribution < -0.4 is 4.74 Å². The van der Waals surface area contributed by atoms with Crippen LogP contribution in [0.4, 0.5) is 0 Å². The van der Waals surface area contributed by atoms with E-state index in [1.165, 1.54) is 0 Å². The van der Waals surface area contributed by atoms with Crippen molar-refractivity contribution >= 4 is 22.6 Å². The summed E-state index contributed by atoms with van der Waals surface area (Å²) in [5, 5.41) is 0.643. The predicted molar refractivity (Wildman–Crippen MR) is 98.1 cm³/mol. The van der Waals surface area contributed by atoms with Gasteiger partial charge in [0, 0.05) is 11.3 Å². The lowest BCUT2D eigenvalue weighted by Gasteiger charge is -2.10. The highest BCUT2D eigenvalue weighted by molar-refractivity contribution is 6.35. The average Bonchev–Trinajstić information content (AvgIpc) is 3.05. The number of methoxy groups -OCH3 is 1. The first-order valence-corrected chi connectivity index (χ1v) is 8.03. The van der Waals surface area contributed by atoms with Gasteiger partial charge in [0.25, 0.3) is 0 Å². The zero-order valence-electron chi connectivity index (χ0n) is 13.1. The van der Waals surface area contributed by atoms with E-state index in [2.05, 4.69) is 4.57 Å². The molecule has 0 aliphatic heterocycles. The van der Waals surface area contributed by atoms with Crippen LogP contribution in [-0.4, -0.2) is 16.7 Å². The van der Waals surface area contributed by atoms with Gasteiger partial charge in [-0.25, -0.2) is 4.98 Å². The largest absolute Gasteiger partial charge is 0.494 e. The topological polar surface area (TPSA) is 27.1 Å². The molecule has 0 atom stereocenters. The Morgan fingerprint density at radius 1 is 0.875 bits per heavy atom. The number of benzene rings is 3. The number of halogens is 1. The van der Waals surface area contributed by atoms with E-state index < -0.39 is 0 Å². The van der Waals surface area contributed by atoms with Gasteiger partial charge in [-0.3, -0.25) is 4.57 Å². The Labute approximate surface area is 145 Å². The summed E-state index contributed by atoms with van der Waals surface area (Å²) in [5.74, 6) is 1.55. The molecule has 0 spiro atoms. The van der Waals surface area contributed by atoms with Crippen molar-refractivity contribution in [2.24, 2.45) is 0 Å². The number of ether oxygens (including phenoxy) is 1. The van der Waals surface area contributed by atoms with Crippen LogP contribution in [0.2, 0.25) is 5.02 Å². The predicted octanol–water partition coefficient (Wildman–Crippen LogP) is 5.35. The summed E-state index contributed by atoms with van der Waals surface area (Å²) < 4.78 is 7.57. The third-order valence-electron chi connectivity index (χ3n) is 3.98. The number of rotatable bonds is 3. The summed E-state index contributed by atoms with van der Waals surface area (Å²) in [6.45, 7) is 0. The molecule has 3 aromatic carbocycles. The molecule has 4 heteroatoms. The minimum absolute atomic E-state index is 0.643. The van der Waals surface area contributed by atoms with Crippen molar-refractivity contribution in [1.29, 1.82) is 0 Å². The van der Waals surface area contributed by atoms with Gasteiger partial charge in [0.2, 0.25) is 0 Å². The highest BCUT2D eigenvalue weighted by Crippen LogP contribution is 2.36. The number of nitrogens with zero attached hydrogens (tertiary/aromatic N) is 2. The maximum atomic E-state index is 6.53. The summed E-state index contributed by atoms with van der Waals surface area (Å²) >= 11 is 6.53. The summed E-state index contributed by atoms with van der Waals surface area (Å²) in [7, 11) is 1.65. The summed E-state index contributed by atoms with van der Waals surface area (Å²) in [6, 6.07) is 23.9. The second-order valence-corrected chi connectivity index (χ2v) is 5.83. The van der Waals surface area contributed by atoms with Crippen molar-refractivity contribution in [3.05, 3.63) is 77.8 Å². The molecule has 0 aliphatic rings. The fraction of sp³-hybridized carbons (Fsp3) is 0.0500. The number of imidazole rings is 1. The maximum Gasteiger partial charge on any atom is 0.146 e. The van der Waals surface area contributed by atoms with E-state index >= 15 is 0 Å². The number of hydrogen-bond donors (Lipinski definition) is 0. The van der Waals surface area contributed by atoms with Crippen LogP contribution in [0.5, 0.6) is 5.75 Å². The molecule has 3 nitrogen and oxygen atoms in total. The van der Waals surface area contributed by atoms with E-state index in [1.807, 2.05) is 72.8 Å². The van der Waals surface area contributed by atoms with Gasteiger partial charge < -0.3 is 4.74 Å². The molecule has 0 saturated heterocycles. The van der Waals surface area contributed by atoms with Crippen LogP contribution in [0.15, 0.2) is 72.8 Å². The van der Waals surface area contributed by atoms with Crippen LogP contribution in [0.3, 0.4) is 0 Å². The third-order valence-corrected chi connectivity index (χ3v) is 4.29. The molecule has 118 valence electrons. The lowest BCUT2D eigenvalue weighted by Crippen LogP contribution is -1.97. The molecule has 1 heterocycles. The van der Waals surface area contributed by atoms with Gasteiger partial charge in [0.1, 0.15) is 17.1 Å². The molecule has 0 unspecified atom stereocenters. The third kappa shape index (κ3) is 2.34. The van der Waals surface area contributed by atoms with Gasteiger partial charge in [0.05, 0.1) is 17.6 Å². The van der Waals surface area contributed by atoms with Crippen molar-refractivity contribution in [1.82, 2.24) is 9.55 Å². The number of hydrogen-bond acceptors (Lipinski definition) is 2. The molecule has 0 N–H and O–H groups in total. The smallest absolute Gasteiger partial charge is 0.146 e. The number of para-hydroxylation sites is 1. The molecule has 24 heavy (non-hydrogen) atoms. The van der Waals surface area contributed by atoms with Crippen LogP contribution in [0.25, 0.3) is 28.1 Å². The highest BCUT2D eigenvalue weighted by atomic mass is 35.5. The minimum Gasteiger partial charge on any atom is -0.494 e.